The molecule has 2 aromatic rings. The summed E-state index contributed by atoms with van der Waals surface area (Å²) >= 11 is 1.77. The number of nitrogens with zero attached hydrogens (tertiary/aromatic N) is 1. The summed E-state index contributed by atoms with van der Waals surface area (Å²) in [4.78, 5) is 4.64. The first-order valence-electron chi connectivity index (χ1n) is 6.34. The maximum Gasteiger partial charge on any atom is 0.0954 e. The zero-order valence-corrected chi connectivity index (χ0v) is 11.3. The van der Waals surface area contributed by atoms with Gasteiger partial charge in [-0.05, 0) is 18.1 Å². The smallest absolute Gasteiger partial charge is 0.0954 e. The molecule has 92 valence electrons. The maximum atomic E-state index is 6.26. The molecule has 0 bridgehead atoms. The molecule has 0 amide bonds. The summed E-state index contributed by atoms with van der Waals surface area (Å²) in [6.45, 7) is 4.43. The van der Waals surface area contributed by atoms with Crippen LogP contribution in [-0.2, 0) is 6.42 Å². The largest absolute Gasteiger partial charge is 0.327 e. The molecule has 1 aromatic heterocycles. The summed E-state index contributed by atoms with van der Waals surface area (Å²) in [7, 11) is 0. The van der Waals surface area contributed by atoms with Gasteiger partial charge in [0, 0.05) is 12.5 Å². The lowest BCUT2D eigenvalue weighted by atomic mass is 9.93. The van der Waals surface area contributed by atoms with E-state index >= 15 is 0 Å². The van der Waals surface area contributed by atoms with Crippen LogP contribution in [0.15, 0.2) is 24.3 Å². The number of nitrogens with two attached hydrogens (primary N) is 1. The monoisotopic (exact) mass is 248 g/mol. The first-order valence-corrected chi connectivity index (χ1v) is 7.16. The van der Waals surface area contributed by atoms with Crippen LogP contribution in [0.3, 0.4) is 0 Å². The quantitative estimate of drug-likeness (QED) is 0.878. The van der Waals surface area contributed by atoms with Gasteiger partial charge in [0.2, 0.25) is 0 Å². The van der Waals surface area contributed by atoms with E-state index in [1.807, 2.05) is 6.07 Å². The average Bonchev–Trinajstić information content (AvgIpc) is 2.72. The third-order valence-electron chi connectivity index (χ3n) is 3.40. The van der Waals surface area contributed by atoms with E-state index in [1.54, 1.807) is 11.3 Å². The lowest BCUT2D eigenvalue weighted by molar-refractivity contribution is 0.393. The molecule has 2 N–H and O–H groups in total. The minimum absolute atomic E-state index is 0.241. The highest BCUT2D eigenvalue weighted by Crippen LogP contribution is 2.24. The molecule has 0 spiro atoms. The number of hydrogen-bond donors (Lipinski definition) is 1. The van der Waals surface area contributed by atoms with Crippen molar-refractivity contribution in [1.29, 1.82) is 0 Å². The summed E-state index contributed by atoms with van der Waals surface area (Å²) in [5.74, 6) is 0.613. The molecule has 0 saturated carbocycles. The van der Waals surface area contributed by atoms with Crippen molar-refractivity contribution in [2.24, 2.45) is 11.7 Å². The minimum Gasteiger partial charge on any atom is -0.327 e. The molecule has 1 aromatic carbocycles. The normalized spacial score (nSPS) is 13.4. The third-order valence-corrected chi connectivity index (χ3v) is 4.46. The summed E-state index contributed by atoms with van der Waals surface area (Å²) in [6.07, 6.45) is 3.22. The second-order valence-electron chi connectivity index (χ2n) is 4.52. The highest BCUT2D eigenvalue weighted by molar-refractivity contribution is 7.18. The average molecular weight is 248 g/mol. The van der Waals surface area contributed by atoms with Crippen molar-refractivity contribution in [2.45, 2.75) is 39.2 Å². The van der Waals surface area contributed by atoms with Crippen molar-refractivity contribution in [2.75, 3.05) is 0 Å². The van der Waals surface area contributed by atoms with E-state index in [9.17, 15) is 0 Å². The number of aromatic nitrogens is 1. The Kier molecular flexibility index (Phi) is 4.13. The van der Waals surface area contributed by atoms with Crippen LogP contribution in [0, 0.1) is 5.92 Å². The number of rotatable bonds is 5. The lowest BCUT2D eigenvalue weighted by Crippen LogP contribution is -2.31. The minimum atomic E-state index is 0.241. The van der Waals surface area contributed by atoms with Crippen LogP contribution in [0.4, 0.5) is 0 Å². The Morgan fingerprint density at radius 1 is 1.24 bits per heavy atom. The van der Waals surface area contributed by atoms with Crippen LogP contribution in [0.2, 0.25) is 0 Å². The van der Waals surface area contributed by atoms with Gasteiger partial charge in [0.05, 0.1) is 15.2 Å². The van der Waals surface area contributed by atoms with E-state index in [-0.39, 0.29) is 6.04 Å². The second kappa shape index (κ2) is 5.61. The van der Waals surface area contributed by atoms with Gasteiger partial charge in [-0.2, -0.15) is 0 Å². The van der Waals surface area contributed by atoms with Crippen LogP contribution in [0.1, 0.15) is 31.7 Å². The Morgan fingerprint density at radius 2 is 1.94 bits per heavy atom. The van der Waals surface area contributed by atoms with E-state index < -0.39 is 0 Å². The van der Waals surface area contributed by atoms with Crippen molar-refractivity contribution in [3.05, 3.63) is 29.3 Å². The summed E-state index contributed by atoms with van der Waals surface area (Å²) in [5, 5.41) is 1.17. The van der Waals surface area contributed by atoms with E-state index in [2.05, 4.69) is 37.0 Å². The van der Waals surface area contributed by atoms with Crippen molar-refractivity contribution in [1.82, 2.24) is 4.98 Å². The first kappa shape index (κ1) is 12.5. The van der Waals surface area contributed by atoms with E-state index in [4.69, 9.17) is 5.73 Å². The molecule has 0 aliphatic rings. The van der Waals surface area contributed by atoms with Crippen LogP contribution >= 0.6 is 11.3 Å². The molecule has 1 atom stereocenters. The van der Waals surface area contributed by atoms with Gasteiger partial charge in [-0.3, -0.25) is 0 Å². The van der Waals surface area contributed by atoms with Gasteiger partial charge in [0.25, 0.3) is 0 Å². The summed E-state index contributed by atoms with van der Waals surface area (Å²) in [6, 6.07) is 8.53. The predicted octanol–water partition coefficient (Wildman–Crippen LogP) is 3.60. The highest BCUT2D eigenvalue weighted by atomic mass is 32.1. The molecule has 2 rings (SSSR count). The SMILES string of the molecule is CCC(CC)C(N)Cc1nc2ccccc2s1. The van der Waals surface area contributed by atoms with E-state index in [1.165, 1.54) is 9.71 Å². The molecule has 1 unspecified atom stereocenters. The molecule has 0 saturated heterocycles. The zero-order chi connectivity index (χ0) is 12.3. The van der Waals surface area contributed by atoms with Gasteiger partial charge < -0.3 is 5.73 Å². The van der Waals surface area contributed by atoms with Gasteiger partial charge >= 0.3 is 0 Å². The Labute approximate surface area is 107 Å². The zero-order valence-electron chi connectivity index (χ0n) is 10.5. The number of para-hydroxylation sites is 1. The lowest BCUT2D eigenvalue weighted by Gasteiger charge is -2.19. The van der Waals surface area contributed by atoms with Crippen LogP contribution in [0.5, 0.6) is 0 Å². The number of benzene rings is 1. The molecule has 0 aliphatic carbocycles. The van der Waals surface area contributed by atoms with Crippen molar-refractivity contribution in [3.63, 3.8) is 0 Å². The van der Waals surface area contributed by atoms with Crippen molar-refractivity contribution in [3.8, 4) is 0 Å². The topological polar surface area (TPSA) is 38.9 Å². The van der Waals surface area contributed by atoms with Crippen LogP contribution in [-0.4, -0.2) is 11.0 Å². The predicted molar refractivity (Wildman–Crippen MR) is 75.4 cm³/mol. The maximum absolute atomic E-state index is 6.26. The molecule has 0 radical (unpaired) electrons. The van der Waals surface area contributed by atoms with Gasteiger partial charge in [0.1, 0.15) is 0 Å². The summed E-state index contributed by atoms with van der Waals surface area (Å²) in [5.41, 5.74) is 7.36. The molecular weight excluding hydrogens is 228 g/mol. The van der Waals surface area contributed by atoms with Crippen molar-refractivity contribution < 1.29 is 0 Å². The number of hydrogen-bond acceptors (Lipinski definition) is 3. The fourth-order valence-electron chi connectivity index (χ4n) is 2.27. The van der Waals surface area contributed by atoms with E-state index in [0.717, 1.165) is 24.8 Å². The van der Waals surface area contributed by atoms with Crippen LogP contribution < -0.4 is 5.73 Å². The van der Waals surface area contributed by atoms with Gasteiger partial charge in [-0.25, -0.2) is 4.98 Å². The number of fused-ring (bicyclic) bond motifs is 1. The fraction of sp³-hybridized carbons (Fsp3) is 0.500. The molecule has 17 heavy (non-hydrogen) atoms. The van der Waals surface area contributed by atoms with Crippen molar-refractivity contribution >= 4 is 21.6 Å². The molecule has 0 aliphatic heterocycles. The molecule has 3 heteroatoms. The Balaban J connectivity index is 2.12. The van der Waals surface area contributed by atoms with Gasteiger partial charge in [-0.15, -0.1) is 11.3 Å². The Hall–Kier alpha value is -0.930. The number of thiazole rings is 1. The standard InChI is InChI=1S/C14H20N2S/c1-3-10(4-2)11(15)9-14-16-12-7-5-6-8-13(12)17-14/h5-8,10-11H,3-4,9,15H2,1-2H3. The Morgan fingerprint density at radius 3 is 2.59 bits per heavy atom. The van der Waals surface area contributed by atoms with E-state index in [0.29, 0.717) is 5.92 Å². The van der Waals surface area contributed by atoms with Gasteiger partial charge in [0.15, 0.2) is 0 Å². The second-order valence-corrected chi connectivity index (χ2v) is 5.64. The molecular formula is C14H20N2S. The first-order chi connectivity index (χ1) is 8.24. The van der Waals surface area contributed by atoms with Gasteiger partial charge in [-0.1, -0.05) is 38.8 Å². The third kappa shape index (κ3) is 2.85. The molecule has 1 heterocycles. The van der Waals surface area contributed by atoms with Crippen LogP contribution in [0.25, 0.3) is 10.2 Å². The highest BCUT2D eigenvalue weighted by Gasteiger charge is 2.16. The molecule has 2 nitrogen and oxygen atoms in total. The Bertz CT molecular complexity index is 441. The molecule has 0 fully saturated rings. The fourth-order valence-corrected chi connectivity index (χ4v) is 3.31. The summed E-state index contributed by atoms with van der Waals surface area (Å²) < 4.78 is 1.26.